The van der Waals surface area contributed by atoms with Crippen LogP contribution in [0, 0.1) is 11.8 Å². The second kappa shape index (κ2) is 8.55. The summed E-state index contributed by atoms with van der Waals surface area (Å²) in [7, 11) is 0. The van der Waals surface area contributed by atoms with Crippen molar-refractivity contribution in [2.45, 2.75) is 64.8 Å². The average molecular weight is 358 g/mol. The lowest BCUT2D eigenvalue weighted by Gasteiger charge is -2.37. The number of rotatable bonds is 7. The van der Waals surface area contributed by atoms with Crippen LogP contribution in [0.1, 0.15) is 57.2 Å². The Labute approximate surface area is 136 Å². The van der Waals surface area contributed by atoms with E-state index in [1.54, 1.807) is 4.88 Å². The molecule has 1 nitrogen and oxygen atoms in total. The van der Waals surface area contributed by atoms with Crippen molar-refractivity contribution in [2.24, 2.45) is 11.8 Å². The molecular weight excluding hydrogens is 330 g/mol. The SMILES string of the molecule is CCCNC1CCC(CCC)CC1Cc1ccc(Br)s1. The minimum absolute atomic E-state index is 0.740. The molecule has 1 heterocycles. The summed E-state index contributed by atoms with van der Waals surface area (Å²) in [5.74, 6) is 1.80. The first-order chi connectivity index (χ1) is 9.72. The molecule has 1 fully saturated rings. The van der Waals surface area contributed by atoms with E-state index in [0.717, 1.165) is 17.9 Å². The molecule has 1 saturated carbocycles. The quantitative estimate of drug-likeness (QED) is 0.665. The van der Waals surface area contributed by atoms with Crippen LogP contribution in [0.5, 0.6) is 0 Å². The molecule has 0 spiro atoms. The van der Waals surface area contributed by atoms with Gasteiger partial charge in [0, 0.05) is 10.9 Å². The van der Waals surface area contributed by atoms with Gasteiger partial charge in [-0.15, -0.1) is 11.3 Å². The topological polar surface area (TPSA) is 12.0 Å². The lowest BCUT2D eigenvalue weighted by molar-refractivity contribution is 0.194. The highest BCUT2D eigenvalue weighted by Gasteiger charge is 2.29. The molecule has 1 N–H and O–H groups in total. The summed E-state index contributed by atoms with van der Waals surface area (Å²) < 4.78 is 1.27. The fourth-order valence-corrected chi connectivity index (χ4v) is 5.15. The first kappa shape index (κ1) is 16.5. The standard InChI is InChI=1S/C17H28BrNS/c1-3-5-13-6-8-16(19-10-4-2)14(11-13)12-15-7-9-17(18)20-15/h7,9,13-14,16,19H,3-6,8,10-12H2,1-2H3. The number of thiophene rings is 1. The summed E-state index contributed by atoms with van der Waals surface area (Å²) >= 11 is 5.50. The van der Waals surface area contributed by atoms with Gasteiger partial charge in [0.1, 0.15) is 0 Å². The Morgan fingerprint density at radius 1 is 1.25 bits per heavy atom. The van der Waals surface area contributed by atoms with Crippen LogP contribution in [0.2, 0.25) is 0 Å². The fraction of sp³-hybridized carbons (Fsp3) is 0.765. The Bertz CT molecular complexity index is 390. The maximum atomic E-state index is 3.80. The maximum absolute atomic E-state index is 3.80. The molecule has 3 heteroatoms. The van der Waals surface area contributed by atoms with E-state index in [1.807, 2.05) is 11.3 Å². The van der Waals surface area contributed by atoms with E-state index in [2.05, 4.69) is 47.2 Å². The van der Waals surface area contributed by atoms with E-state index < -0.39 is 0 Å². The predicted molar refractivity (Wildman–Crippen MR) is 93.5 cm³/mol. The molecule has 20 heavy (non-hydrogen) atoms. The van der Waals surface area contributed by atoms with E-state index in [4.69, 9.17) is 0 Å². The maximum Gasteiger partial charge on any atom is 0.0701 e. The Morgan fingerprint density at radius 3 is 2.75 bits per heavy atom. The van der Waals surface area contributed by atoms with Crippen LogP contribution in [-0.2, 0) is 6.42 Å². The highest BCUT2D eigenvalue weighted by molar-refractivity contribution is 9.11. The van der Waals surface area contributed by atoms with Crippen LogP contribution < -0.4 is 5.32 Å². The molecule has 1 aromatic heterocycles. The first-order valence-electron chi connectivity index (χ1n) is 8.20. The van der Waals surface area contributed by atoms with Gasteiger partial charge in [-0.2, -0.15) is 0 Å². The Hall–Kier alpha value is 0.140. The van der Waals surface area contributed by atoms with Gasteiger partial charge in [0.2, 0.25) is 0 Å². The highest BCUT2D eigenvalue weighted by atomic mass is 79.9. The van der Waals surface area contributed by atoms with Gasteiger partial charge in [-0.25, -0.2) is 0 Å². The van der Waals surface area contributed by atoms with E-state index in [0.29, 0.717) is 0 Å². The second-order valence-corrected chi connectivity index (χ2v) is 8.75. The Kier molecular flexibility index (Phi) is 7.06. The van der Waals surface area contributed by atoms with Crippen LogP contribution in [0.4, 0.5) is 0 Å². The molecule has 0 bridgehead atoms. The smallest absolute Gasteiger partial charge is 0.0701 e. The lowest BCUT2D eigenvalue weighted by Crippen LogP contribution is -2.41. The van der Waals surface area contributed by atoms with Crippen molar-refractivity contribution in [3.05, 3.63) is 20.8 Å². The Balaban J connectivity index is 1.96. The van der Waals surface area contributed by atoms with Crippen molar-refractivity contribution in [1.82, 2.24) is 5.32 Å². The third-order valence-corrected chi connectivity index (χ3v) is 6.18. The van der Waals surface area contributed by atoms with Gasteiger partial charge in [0.05, 0.1) is 3.79 Å². The van der Waals surface area contributed by atoms with Crippen LogP contribution in [0.15, 0.2) is 15.9 Å². The van der Waals surface area contributed by atoms with Gasteiger partial charge in [-0.05, 0) is 78.5 Å². The van der Waals surface area contributed by atoms with Gasteiger partial charge >= 0.3 is 0 Å². The van der Waals surface area contributed by atoms with Gasteiger partial charge in [-0.1, -0.05) is 26.7 Å². The van der Waals surface area contributed by atoms with E-state index >= 15 is 0 Å². The number of nitrogens with one attached hydrogen (secondary N) is 1. The molecule has 1 aromatic rings. The van der Waals surface area contributed by atoms with Crippen molar-refractivity contribution >= 4 is 27.3 Å². The van der Waals surface area contributed by atoms with Crippen molar-refractivity contribution in [3.8, 4) is 0 Å². The van der Waals surface area contributed by atoms with Gasteiger partial charge in [0.25, 0.3) is 0 Å². The highest BCUT2D eigenvalue weighted by Crippen LogP contribution is 2.36. The number of halogens is 1. The molecule has 0 aromatic carbocycles. The van der Waals surface area contributed by atoms with E-state index in [-0.39, 0.29) is 0 Å². The van der Waals surface area contributed by atoms with Crippen LogP contribution >= 0.6 is 27.3 Å². The fourth-order valence-electron chi connectivity index (χ4n) is 3.58. The zero-order chi connectivity index (χ0) is 14.4. The van der Waals surface area contributed by atoms with Crippen molar-refractivity contribution < 1.29 is 0 Å². The summed E-state index contributed by atoms with van der Waals surface area (Å²) in [5, 5.41) is 3.80. The molecule has 0 saturated heterocycles. The minimum atomic E-state index is 0.740. The van der Waals surface area contributed by atoms with Gasteiger partial charge in [0.15, 0.2) is 0 Å². The number of hydrogen-bond donors (Lipinski definition) is 1. The monoisotopic (exact) mass is 357 g/mol. The zero-order valence-electron chi connectivity index (χ0n) is 12.8. The molecule has 0 radical (unpaired) electrons. The summed E-state index contributed by atoms with van der Waals surface area (Å²) in [4.78, 5) is 1.54. The molecule has 0 aliphatic heterocycles. The molecule has 2 rings (SSSR count). The molecule has 114 valence electrons. The molecule has 3 atom stereocenters. The summed E-state index contributed by atoms with van der Waals surface area (Å²) in [6, 6.07) is 5.24. The van der Waals surface area contributed by atoms with E-state index in [1.165, 1.54) is 55.3 Å². The van der Waals surface area contributed by atoms with Crippen LogP contribution in [-0.4, -0.2) is 12.6 Å². The molecule has 1 aliphatic carbocycles. The molecule has 0 amide bonds. The predicted octanol–water partition coefficient (Wildman–Crippen LogP) is 5.64. The lowest BCUT2D eigenvalue weighted by atomic mass is 9.74. The van der Waals surface area contributed by atoms with Gasteiger partial charge < -0.3 is 5.32 Å². The van der Waals surface area contributed by atoms with E-state index in [9.17, 15) is 0 Å². The molecule has 1 aliphatic rings. The largest absolute Gasteiger partial charge is 0.314 e. The minimum Gasteiger partial charge on any atom is -0.314 e. The van der Waals surface area contributed by atoms with Crippen LogP contribution in [0.25, 0.3) is 0 Å². The third kappa shape index (κ3) is 4.85. The van der Waals surface area contributed by atoms with Crippen molar-refractivity contribution in [2.75, 3.05) is 6.54 Å². The van der Waals surface area contributed by atoms with Crippen LogP contribution in [0.3, 0.4) is 0 Å². The summed E-state index contributed by atoms with van der Waals surface area (Å²) in [5.41, 5.74) is 0. The average Bonchev–Trinajstić information content (AvgIpc) is 2.84. The Morgan fingerprint density at radius 2 is 2.10 bits per heavy atom. The molecule has 3 unspecified atom stereocenters. The zero-order valence-corrected chi connectivity index (χ0v) is 15.2. The van der Waals surface area contributed by atoms with Crippen molar-refractivity contribution in [1.29, 1.82) is 0 Å². The first-order valence-corrected chi connectivity index (χ1v) is 9.81. The summed E-state index contributed by atoms with van der Waals surface area (Å²) in [6.45, 7) is 5.77. The molecular formula is C17H28BrNS. The normalized spacial score (nSPS) is 26.9. The van der Waals surface area contributed by atoms with Crippen molar-refractivity contribution in [3.63, 3.8) is 0 Å². The second-order valence-electron chi connectivity index (χ2n) is 6.20. The number of hydrogen-bond acceptors (Lipinski definition) is 2. The summed E-state index contributed by atoms with van der Waals surface area (Å²) in [6.07, 6.45) is 9.50. The third-order valence-electron chi connectivity index (χ3n) is 4.54. The van der Waals surface area contributed by atoms with Gasteiger partial charge in [-0.3, -0.25) is 0 Å².